The Kier molecular flexibility index (Phi) is 4.53. The fraction of sp³-hybridized carbons (Fsp3) is 0.176. The summed E-state index contributed by atoms with van der Waals surface area (Å²) < 4.78 is 11.2. The van der Waals surface area contributed by atoms with Crippen LogP contribution >= 0.6 is 15.9 Å². The van der Waals surface area contributed by atoms with E-state index in [1.807, 2.05) is 55.5 Å². The smallest absolute Gasteiger partial charge is 0.248 e. The largest absolute Gasteiger partial charge is 0.494 e. The molecule has 1 heterocycles. The van der Waals surface area contributed by atoms with Crippen LogP contribution in [0.5, 0.6) is 5.75 Å². The van der Waals surface area contributed by atoms with E-state index in [9.17, 15) is 0 Å². The summed E-state index contributed by atoms with van der Waals surface area (Å²) in [4.78, 5) is 0. The number of alkyl halides is 1. The Bertz CT molecular complexity index is 736. The zero-order chi connectivity index (χ0) is 15.4. The number of rotatable bonds is 5. The Morgan fingerprint density at radius 3 is 1.95 bits per heavy atom. The number of benzene rings is 2. The van der Waals surface area contributed by atoms with Crippen molar-refractivity contribution in [3.05, 3.63) is 54.1 Å². The first kappa shape index (κ1) is 14.8. The van der Waals surface area contributed by atoms with Crippen molar-refractivity contribution < 1.29 is 9.15 Å². The van der Waals surface area contributed by atoms with Gasteiger partial charge in [-0.15, -0.1) is 10.2 Å². The molecule has 0 atom stereocenters. The zero-order valence-corrected chi connectivity index (χ0v) is 13.7. The highest BCUT2D eigenvalue weighted by Gasteiger charge is 2.10. The second kappa shape index (κ2) is 6.75. The third-order valence-electron chi connectivity index (χ3n) is 3.19. The van der Waals surface area contributed by atoms with Crippen LogP contribution in [-0.2, 0) is 5.33 Å². The van der Waals surface area contributed by atoms with Crippen LogP contribution in [0.3, 0.4) is 0 Å². The lowest BCUT2D eigenvalue weighted by Crippen LogP contribution is -1.90. The SMILES string of the molecule is CCOc1ccc(-c2nnc(-c3ccc(CBr)cc3)o2)cc1. The van der Waals surface area contributed by atoms with Crippen molar-refractivity contribution in [3.63, 3.8) is 0 Å². The van der Waals surface area contributed by atoms with Gasteiger partial charge < -0.3 is 9.15 Å². The van der Waals surface area contributed by atoms with E-state index in [1.54, 1.807) is 0 Å². The van der Waals surface area contributed by atoms with E-state index in [4.69, 9.17) is 9.15 Å². The molecule has 5 heteroatoms. The maximum Gasteiger partial charge on any atom is 0.248 e. The first-order valence-corrected chi connectivity index (χ1v) is 8.14. The summed E-state index contributed by atoms with van der Waals surface area (Å²) in [5.41, 5.74) is 2.99. The molecule has 0 aliphatic heterocycles. The summed E-state index contributed by atoms with van der Waals surface area (Å²) >= 11 is 3.43. The summed E-state index contributed by atoms with van der Waals surface area (Å²) in [7, 11) is 0. The minimum absolute atomic E-state index is 0.502. The summed E-state index contributed by atoms with van der Waals surface area (Å²) in [6.45, 7) is 2.60. The molecule has 0 N–H and O–H groups in total. The zero-order valence-electron chi connectivity index (χ0n) is 12.1. The standard InChI is InChI=1S/C17H15BrN2O2/c1-2-21-15-9-7-14(8-10-15)17-20-19-16(22-17)13-5-3-12(11-18)4-6-13/h3-10H,2,11H2,1H3. The first-order valence-electron chi connectivity index (χ1n) is 7.02. The average Bonchev–Trinajstić information content (AvgIpc) is 3.06. The fourth-order valence-electron chi connectivity index (χ4n) is 2.05. The van der Waals surface area contributed by atoms with Gasteiger partial charge in [0, 0.05) is 16.5 Å². The number of hydrogen-bond acceptors (Lipinski definition) is 4. The number of hydrogen-bond donors (Lipinski definition) is 0. The number of halogens is 1. The molecule has 3 aromatic rings. The number of ether oxygens (including phenoxy) is 1. The van der Waals surface area contributed by atoms with Crippen molar-refractivity contribution in [2.75, 3.05) is 6.61 Å². The Morgan fingerprint density at radius 1 is 0.909 bits per heavy atom. The van der Waals surface area contributed by atoms with Crippen molar-refractivity contribution in [1.82, 2.24) is 10.2 Å². The van der Waals surface area contributed by atoms with Crippen LogP contribution in [0.15, 0.2) is 52.9 Å². The van der Waals surface area contributed by atoms with Crippen molar-refractivity contribution >= 4 is 15.9 Å². The summed E-state index contributed by atoms with van der Waals surface area (Å²) in [6.07, 6.45) is 0. The lowest BCUT2D eigenvalue weighted by molar-refractivity contribution is 0.340. The van der Waals surface area contributed by atoms with Crippen LogP contribution in [0.4, 0.5) is 0 Å². The normalized spacial score (nSPS) is 10.6. The first-order chi connectivity index (χ1) is 10.8. The van der Waals surface area contributed by atoms with Gasteiger partial charge in [0.05, 0.1) is 6.61 Å². The van der Waals surface area contributed by atoms with Crippen molar-refractivity contribution in [3.8, 4) is 28.7 Å². The summed E-state index contributed by atoms with van der Waals surface area (Å²) in [5, 5.41) is 9.06. The quantitative estimate of drug-likeness (QED) is 0.620. The van der Waals surface area contributed by atoms with Crippen LogP contribution in [0.2, 0.25) is 0 Å². The molecule has 22 heavy (non-hydrogen) atoms. The number of aromatic nitrogens is 2. The highest BCUT2D eigenvalue weighted by molar-refractivity contribution is 9.08. The van der Waals surface area contributed by atoms with E-state index in [0.29, 0.717) is 18.4 Å². The van der Waals surface area contributed by atoms with E-state index >= 15 is 0 Å². The molecule has 0 aliphatic carbocycles. The predicted octanol–water partition coefficient (Wildman–Crippen LogP) is 4.70. The monoisotopic (exact) mass is 358 g/mol. The molecule has 0 bridgehead atoms. The van der Waals surface area contributed by atoms with E-state index in [2.05, 4.69) is 26.1 Å². The summed E-state index contributed by atoms with van der Waals surface area (Å²) in [5.74, 6) is 1.85. The van der Waals surface area contributed by atoms with Gasteiger partial charge in [-0.3, -0.25) is 0 Å². The molecule has 1 aromatic heterocycles. The third kappa shape index (κ3) is 3.20. The van der Waals surface area contributed by atoms with E-state index in [1.165, 1.54) is 5.56 Å². The van der Waals surface area contributed by atoms with Gasteiger partial charge in [0.25, 0.3) is 0 Å². The van der Waals surface area contributed by atoms with Gasteiger partial charge in [0.2, 0.25) is 11.8 Å². The molecule has 112 valence electrons. The van der Waals surface area contributed by atoms with Gasteiger partial charge in [-0.25, -0.2) is 0 Å². The summed E-state index contributed by atoms with van der Waals surface area (Å²) in [6, 6.07) is 15.6. The van der Waals surface area contributed by atoms with Crippen LogP contribution in [0, 0.1) is 0 Å². The van der Waals surface area contributed by atoms with Crippen molar-refractivity contribution in [2.45, 2.75) is 12.3 Å². The van der Waals surface area contributed by atoms with Crippen LogP contribution in [-0.4, -0.2) is 16.8 Å². The van der Waals surface area contributed by atoms with Crippen LogP contribution in [0.1, 0.15) is 12.5 Å². The highest BCUT2D eigenvalue weighted by Crippen LogP contribution is 2.25. The number of nitrogens with zero attached hydrogens (tertiary/aromatic N) is 2. The van der Waals surface area contributed by atoms with Gasteiger partial charge in [0.1, 0.15) is 5.75 Å². The van der Waals surface area contributed by atoms with E-state index in [0.717, 1.165) is 22.2 Å². The minimum atomic E-state index is 0.502. The average molecular weight is 359 g/mol. The molecule has 0 amide bonds. The lowest BCUT2D eigenvalue weighted by Gasteiger charge is -2.02. The molecule has 0 spiro atoms. The maximum atomic E-state index is 5.75. The molecule has 0 saturated carbocycles. The fourth-order valence-corrected chi connectivity index (χ4v) is 2.43. The van der Waals surface area contributed by atoms with E-state index in [-0.39, 0.29) is 0 Å². The molecule has 0 fully saturated rings. The molecule has 0 unspecified atom stereocenters. The van der Waals surface area contributed by atoms with E-state index < -0.39 is 0 Å². The van der Waals surface area contributed by atoms with Gasteiger partial charge >= 0.3 is 0 Å². The molecule has 2 aromatic carbocycles. The molecular formula is C17H15BrN2O2. The van der Waals surface area contributed by atoms with Crippen LogP contribution in [0.25, 0.3) is 22.9 Å². The molecular weight excluding hydrogens is 344 g/mol. The maximum absolute atomic E-state index is 5.75. The molecule has 0 saturated heterocycles. The predicted molar refractivity (Wildman–Crippen MR) is 89.0 cm³/mol. The second-order valence-corrected chi connectivity index (χ2v) is 5.26. The minimum Gasteiger partial charge on any atom is -0.494 e. The third-order valence-corrected chi connectivity index (χ3v) is 3.84. The Morgan fingerprint density at radius 2 is 1.45 bits per heavy atom. The van der Waals surface area contributed by atoms with Gasteiger partial charge in [-0.1, -0.05) is 28.1 Å². The Balaban J connectivity index is 1.83. The van der Waals surface area contributed by atoms with Crippen LogP contribution < -0.4 is 4.74 Å². The second-order valence-electron chi connectivity index (χ2n) is 4.70. The molecule has 3 rings (SSSR count). The van der Waals surface area contributed by atoms with Gasteiger partial charge in [-0.2, -0.15) is 0 Å². The topological polar surface area (TPSA) is 48.2 Å². The Labute approximate surface area is 137 Å². The van der Waals surface area contributed by atoms with Gasteiger partial charge in [-0.05, 0) is 48.9 Å². The highest BCUT2D eigenvalue weighted by atomic mass is 79.9. The van der Waals surface area contributed by atoms with Gasteiger partial charge in [0.15, 0.2) is 0 Å². The van der Waals surface area contributed by atoms with Crippen molar-refractivity contribution in [2.24, 2.45) is 0 Å². The Hall–Kier alpha value is -2.14. The molecule has 4 nitrogen and oxygen atoms in total. The van der Waals surface area contributed by atoms with Crippen molar-refractivity contribution in [1.29, 1.82) is 0 Å². The molecule has 0 radical (unpaired) electrons. The molecule has 0 aliphatic rings. The lowest BCUT2D eigenvalue weighted by atomic mass is 10.1.